The number of methoxy groups -OCH3 is 2. The second-order valence-electron chi connectivity index (χ2n) is 7.20. The molecule has 0 saturated carbocycles. The minimum atomic E-state index is -0.164. The summed E-state index contributed by atoms with van der Waals surface area (Å²) in [4.78, 5) is 29.1. The quantitative estimate of drug-likeness (QED) is 0.730. The van der Waals surface area contributed by atoms with Crippen molar-refractivity contribution < 1.29 is 23.8 Å². The fourth-order valence-corrected chi connectivity index (χ4v) is 3.49. The minimum Gasteiger partial charge on any atom is -0.496 e. The normalized spacial score (nSPS) is 13.7. The van der Waals surface area contributed by atoms with Gasteiger partial charge in [-0.15, -0.1) is 0 Å². The Balaban J connectivity index is 1.59. The summed E-state index contributed by atoms with van der Waals surface area (Å²) in [7, 11) is 3.05. The molecule has 0 aliphatic carbocycles. The third-order valence-corrected chi connectivity index (χ3v) is 5.47. The summed E-state index contributed by atoms with van der Waals surface area (Å²) in [5.74, 6) is 1.42. The maximum absolute atomic E-state index is 13.1. The zero-order chi connectivity index (χ0) is 21.7. The van der Waals surface area contributed by atoms with E-state index in [0.29, 0.717) is 43.2 Å². The summed E-state index contributed by atoms with van der Waals surface area (Å²) >= 11 is 0. The summed E-state index contributed by atoms with van der Waals surface area (Å²) in [5.41, 5.74) is 2.56. The Morgan fingerprint density at radius 1 is 0.833 bits per heavy atom. The predicted molar refractivity (Wildman–Crippen MR) is 113 cm³/mol. The third-order valence-electron chi connectivity index (χ3n) is 5.47. The van der Waals surface area contributed by atoms with Crippen molar-refractivity contribution in [3.05, 3.63) is 53.1 Å². The van der Waals surface area contributed by atoms with Crippen LogP contribution in [0.15, 0.2) is 36.4 Å². The first-order valence-corrected chi connectivity index (χ1v) is 9.93. The first-order chi connectivity index (χ1) is 14.5. The fraction of sp³-hybridized carbons (Fsp3) is 0.391. The molecule has 0 unspecified atom stereocenters. The number of carbonyl (C=O) groups is 2. The van der Waals surface area contributed by atoms with E-state index in [1.807, 2.05) is 32.0 Å². The van der Waals surface area contributed by atoms with Gasteiger partial charge in [-0.2, -0.15) is 0 Å². The van der Waals surface area contributed by atoms with Gasteiger partial charge in [0.25, 0.3) is 11.8 Å². The summed E-state index contributed by atoms with van der Waals surface area (Å²) in [6.07, 6.45) is 0. The van der Waals surface area contributed by atoms with E-state index >= 15 is 0 Å². The monoisotopic (exact) mass is 412 g/mol. The SMILES string of the molecule is COc1cccc(OC)c1C(=O)N1CCN(C(=O)COc2cccc(C)c2C)CC1. The molecule has 30 heavy (non-hydrogen) atoms. The number of aryl methyl sites for hydroxylation is 1. The van der Waals surface area contributed by atoms with Crippen LogP contribution >= 0.6 is 0 Å². The number of amides is 2. The molecule has 160 valence electrons. The maximum Gasteiger partial charge on any atom is 0.261 e. The standard InChI is InChI=1S/C23H28N2O5/c1-16-7-5-8-18(17(16)2)30-15-21(26)24-11-13-25(14-12-24)23(27)22-19(28-3)9-6-10-20(22)29-4/h5-10H,11-15H2,1-4H3. The molecule has 2 aromatic rings. The summed E-state index contributed by atoms with van der Waals surface area (Å²) in [5, 5.41) is 0. The highest BCUT2D eigenvalue weighted by atomic mass is 16.5. The molecule has 1 fully saturated rings. The van der Waals surface area contributed by atoms with E-state index in [4.69, 9.17) is 14.2 Å². The van der Waals surface area contributed by atoms with Gasteiger partial charge in [-0.1, -0.05) is 18.2 Å². The molecular weight excluding hydrogens is 384 g/mol. The summed E-state index contributed by atoms with van der Waals surface area (Å²) in [6.45, 7) is 5.77. The van der Waals surface area contributed by atoms with E-state index in [1.165, 1.54) is 14.2 Å². The zero-order valence-corrected chi connectivity index (χ0v) is 17.9. The van der Waals surface area contributed by atoms with Gasteiger partial charge in [-0.25, -0.2) is 0 Å². The van der Waals surface area contributed by atoms with Crippen LogP contribution in [0, 0.1) is 13.8 Å². The molecule has 1 saturated heterocycles. The molecule has 0 atom stereocenters. The highest BCUT2D eigenvalue weighted by molar-refractivity contribution is 6.00. The number of nitrogens with zero attached hydrogens (tertiary/aromatic N) is 2. The lowest BCUT2D eigenvalue weighted by molar-refractivity contribution is -0.134. The number of ether oxygens (including phenoxy) is 3. The molecule has 2 amide bonds. The Kier molecular flexibility index (Phi) is 6.82. The summed E-state index contributed by atoms with van der Waals surface area (Å²) < 4.78 is 16.4. The molecule has 2 aromatic carbocycles. The third kappa shape index (κ3) is 4.50. The van der Waals surface area contributed by atoms with Crippen molar-refractivity contribution in [1.82, 2.24) is 9.80 Å². The van der Waals surface area contributed by atoms with E-state index in [0.717, 1.165) is 16.9 Å². The van der Waals surface area contributed by atoms with Gasteiger partial charge in [0.2, 0.25) is 0 Å². The van der Waals surface area contributed by atoms with E-state index in [1.54, 1.807) is 28.0 Å². The highest BCUT2D eigenvalue weighted by Gasteiger charge is 2.28. The fourth-order valence-electron chi connectivity index (χ4n) is 3.49. The van der Waals surface area contributed by atoms with Crippen LogP contribution in [0.4, 0.5) is 0 Å². The largest absolute Gasteiger partial charge is 0.496 e. The van der Waals surface area contributed by atoms with E-state index < -0.39 is 0 Å². The second-order valence-corrected chi connectivity index (χ2v) is 7.20. The second kappa shape index (κ2) is 9.52. The van der Waals surface area contributed by atoms with Crippen molar-refractivity contribution in [2.75, 3.05) is 47.0 Å². The lowest BCUT2D eigenvalue weighted by Gasteiger charge is -2.35. The molecule has 0 aromatic heterocycles. The van der Waals surface area contributed by atoms with Crippen LogP contribution in [-0.2, 0) is 4.79 Å². The first-order valence-electron chi connectivity index (χ1n) is 9.93. The number of rotatable bonds is 6. The van der Waals surface area contributed by atoms with Crippen molar-refractivity contribution in [1.29, 1.82) is 0 Å². The highest BCUT2D eigenvalue weighted by Crippen LogP contribution is 2.30. The van der Waals surface area contributed by atoms with Crippen molar-refractivity contribution in [3.63, 3.8) is 0 Å². The van der Waals surface area contributed by atoms with E-state index in [9.17, 15) is 9.59 Å². The average molecular weight is 412 g/mol. The molecule has 7 heteroatoms. The smallest absolute Gasteiger partial charge is 0.261 e. The Hall–Kier alpha value is -3.22. The predicted octanol–water partition coefficient (Wildman–Crippen LogP) is 2.68. The van der Waals surface area contributed by atoms with E-state index in [2.05, 4.69) is 0 Å². The number of piperazine rings is 1. The first kappa shape index (κ1) is 21.5. The van der Waals surface area contributed by atoms with Gasteiger partial charge in [-0.3, -0.25) is 9.59 Å². The molecule has 0 N–H and O–H groups in total. The average Bonchev–Trinajstić information content (AvgIpc) is 2.78. The van der Waals surface area contributed by atoms with Gasteiger partial charge in [0.15, 0.2) is 6.61 Å². The van der Waals surface area contributed by atoms with Gasteiger partial charge in [0.1, 0.15) is 22.8 Å². The van der Waals surface area contributed by atoms with Crippen LogP contribution in [0.1, 0.15) is 21.5 Å². The van der Waals surface area contributed by atoms with Gasteiger partial charge in [0, 0.05) is 26.2 Å². The van der Waals surface area contributed by atoms with E-state index in [-0.39, 0.29) is 18.4 Å². The Morgan fingerprint density at radius 2 is 1.37 bits per heavy atom. The molecule has 1 aliphatic heterocycles. The van der Waals surface area contributed by atoms with Crippen LogP contribution in [0.25, 0.3) is 0 Å². The van der Waals surface area contributed by atoms with Crippen molar-refractivity contribution >= 4 is 11.8 Å². The van der Waals surface area contributed by atoms with Crippen LogP contribution < -0.4 is 14.2 Å². The summed E-state index contributed by atoms with van der Waals surface area (Å²) in [6, 6.07) is 11.0. The molecular formula is C23H28N2O5. The molecule has 1 aliphatic rings. The molecule has 0 spiro atoms. The number of benzene rings is 2. The van der Waals surface area contributed by atoms with Gasteiger partial charge in [-0.05, 0) is 43.2 Å². The Bertz CT molecular complexity index is 898. The number of carbonyl (C=O) groups excluding carboxylic acids is 2. The number of hydrogen-bond acceptors (Lipinski definition) is 5. The molecule has 0 bridgehead atoms. The van der Waals surface area contributed by atoms with Crippen LogP contribution in [-0.4, -0.2) is 68.6 Å². The maximum atomic E-state index is 13.1. The topological polar surface area (TPSA) is 68.3 Å². The molecule has 1 heterocycles. The van der Waals surface area contributed by atoms with Crippen LogP contribution in [0.2, 0.25) is 0 Å². The molecule has 0 radical (unpaired) electrons. The Labute approximate surface area is 177 Å². The van der Waals surface area contributed by atoms with Gasteiger partial charge in [0.05, 0.1) is 14.2 Å². The zero-order valence-electron chi connectivity index (χ0n) is 17.9. The number of hydrogen-bond donors (Lipinski definition) is 0. The van der Waals surface area contributed by atoms with Crippen LogP contribution in [0.5, 0.6) is 17.2 Å². The van der Waals surface area contributed by atoms with Gasteiger partial charge < -0.3 is 24.0 Å². The minimum absolute atomic E-state index is 0.0153. The van der Waals surface area contributed by atoms with Crippen molar-refractivity contribution in [2.45, 2.75) is 13.8 Å². The van der Waals surface area contributed by atoms with Gasteiger partial charge >= 0.3 is 0 Å². The lowest BCUT2D eigenvalue weighted by atomic mass is 10.1. The van der Waals surface area contributed by atoms with Crippen molar-refractivity contribution in [2.24, 2.45) is 0 Å². The van der Waals surface area contributed by atoms with Crippen molar-refractivity contribution in [3.8, 4) is 17.2 Å². The lowest BCUT2D eigenvalue weighted by Crippen LogP contribution is -2.51. The molecule has 3 rings (SSSR count). The Morgan fingerprint density at radius 3 is 1.97 bits per heavy atom. The molecule has 7 nitrogen and oxygen atoms in total. The van der Waals surface area contributed by atoms with Crippen LogP contribution in [0.3, 0.4) is 0 Å².